The van der Waals surface area contributed by atoms with E-state index in [4.69, 9.17) is 0 Å². The first-order valence-electron chi connectivity index (χ1n) is 7.97. The molecule has 1 atom stereocenters. The number of amides is 4. The number of carbonyl (C=O) groups is 3. The Morgan fingerprint density at radius 3 is 2.88 bits per heavy atom. The number of carbonyl (C=O) groups excluding carboxylic acids is 3. The Bertz CT molecular complexity index is 673. The van der Waals surface area contributed by atoms with Crippen LogP contribution in [0.25, 0.3) is 0 Å². The average Bonchev–Trinajstić information content (AvgIpc) is 2.58. The standard InChI is InChI=1S/C16H19FN4O3/c17-12-4-3-11(19-15(23)10-2-1-6-18-9-10)8-13(12)21-7-5-14(22)20-16(21)24/h3-4,8,10,18H,1-2,5-7,9H2,(H,19,23)(H,20,22,24). The van der Waals surface area contributed by atoms with Crippen molar-refractivity contribution in [2.24, 2.45) is 5.92 Å². The van der Waals surface area contributed by atoms with E-state index in [2.05, 4.69) is 16.0 Å². The molecule has 0 bridgehead atoms. The Balaban J connectivity index is 1.75. The summed E-state index contributed by atoms with van der Waals surface area (Å²) in [5, 5.41) is 8.09. The molecule has 24 heavy (non-hydrogen) atoms. The molecule has 1 unspecified atom stereocenters. The maximum Gasteiger partial charge on any atom is 0.328 e. The number of piperidine rings is 1. The van der Waals surface area contributed by atoms with Gasteiger partial charge < -0.3 is 10.6 Å². The van der Waals surface area contributed by atoms with E-state index in [1.807, 2.05) is 0 Å². The second-order valence-electron chi connectivity index (χ2n) is 5.95. The molecule has 1 aromatic carbocycles. The van der Waals surface area contributed by atoms with Crippen LogP contribution >= 0.6 is 0 Å². The number of urea groups is 1. The minimum atomic E-state index is -0.662. The molecule has 2 aliphatic rings. The number of nitrogens with zero attached hydrogens (tertiary/aromatic N) is 1. The predicted octanol–water partition coefficient (Wildman–Crippen LogP) is 1.21. The predicted molar refractivity (Wildman–Crippen MR) is 86.1 cm³/mol. The molecule has 4 amide bonds. The lowest BCUT2D eigenvalue weighted by Gasteiger charge is -2.27. The summed E-state index contributed by atoms with van der Waals surface area (Å²) in [5.41, 5.74) is 0.464. The van der Waals surface area contributed by atoms with Crippen molar-refractivity contribution in [2.45, 2.75) is 19.3 Å². The van der Waals surface area contributed by atoms with Gasteiger partial charge in [0.1, 0.15) is 5.82 Å². The summed E-state index contributed by atoms with van der Waals surface area (Å²) in [6.45, 7) is 1.63. The van der Waals surface area contributed by atoms with Gasteiger partial charge >= 0.3 is 6.03 Å². The Labute approximate surface area is 138 Å². The van der Waals surface area contributed by atoms with E-state index in [0.29, 0.717) is 12.2 Å². The van der Waals surface area contributed by atoms with Crippen molar-refractivity contribution in [3.8, 4) is 0 Å². The van der Waals surface area contributed by atoms with Crippen molar-refractivity contribution in [1.82, 2.24) is 10.6 Å². The van der Waals surface area contributed by atoms with Gasteiger partial charge in [-0.3, -0.25) is 19.8 Å². The molecule has 0 aromatic heterocycles. The summed E-state index contributed by atoms with van der Waals surface area (Å²) in [5.74, 6) is -1.22. The number of nitrogens with one attached hydrogen (secondary N) is 3. The zero-order valence-corrected chi connectivity index (χ0v) is 13.1. The molecular formula is C16H19FN4O3. The number of anilines is 2. The Morgan fingerprint density at radius 2 is 2.17 bits per heavy atom. The summed E-state index contributed by atoms with van der Waals surface area (Å²) in [6, 6.07) is 3.41. The molecule has 0 saturated carbocycles. The minimum Gasteiger partial charge on any atom is -0.326 e. The highest BCUT2D eigenvalue weighted by atomic mass is 19.1. The summed E-state index contributed by atoms with van der Waals surface area (Å²) in [7, 11) is 0. The largest absolute Gasteiger partial charge is 0.328 e. The van der Waals surface area contributed by atoms with E-state index >= 15 is 0 Å². The Hall–Kier alpha value is -2.48. The number of hydrogen-bond donors (Lipinski definition) is 3. The van der Waals surface area contributed by atoms with Crippen LogP contribution in [0.3, 0.4) is 0 Å². The topological polar surface area (TPSA) is 90.5 Å². The number of rotatable bonds is 3. The molecule has 2 saturated heterocycles. The third-order valence-corrected chi connectivity index (χ3v) is 4.23. The maximum absolute atomic E-state index is 14.1. The second-order valence-corrected chi connectivity index (χ2v) is 5.95. The van der Waals surface area contributed by atoms with Crippen LogP contribution in [0.4, 0.5) is 20.6 Å². The van der Waals surface area contributed by atoms with Crippen molar-refractivity contribution >= 4 is 29.2 Å². The van der Waals surface area contributed by atoms with Crippen LogP contribution in [-0.2, 0) is 9.59 Å². The lowest BCUT2D eigenvalue weighted by Crippen LogP contribution is -2.49. The third-order valence-electron chi connectivity index (χ3n) is 4.23. The molecule has 0 radical (unpaired) electrons. The van der Waals surface area contributed by atoms with Gasteiger partial charge in [-0.25, -0.2) is 9.18 Å². The Morgan fingerprint density at radius 1 is 1.33 bits per heavy atom. The summed E-state index contributed by atoms with van der Waals surface area (Å²) in [6.07, 6.45) is 1.85. The van der Waals surface area contributed by atoms with E-state index in [0.717, 1.165) is 24.3 Å². The number of hydrogen-bond acceptors (Lipinski definition) is 4. The molecule has 128 valence electrons. The minimum absolute atomic E-state index is 0.0413. The fourth-order valence-corrected chi connectivity index (χ4v) is 2.91. The molecule has 0 spiro atoms. The maximum atomic E-state index is 14.1. The summed E-state index contributed by atoms with van der Waals surface area (Å²) < 4.78 is 14.1. The third kappa shape index (κ3) is 3.53. The van der Waals surface area contributed by atoms with Gasteiger partial charge in [0.05, 0.1) is 11.6 Å². The summed E-state index contributed by atoms with van der Waals surface area (Å²) in [4.78, 5) is 36.5. The fourth-order valence-electron chi connectivity index (χ4n) is 2.91. The molecule has 8 heteroatoms. The monoisotopic (exact) mass is 334 g/mol. The first-order valence-corrected chi connectivity index (χ1v) is 7.97. The van der Waals surface area contributed by atoms with Crippen molar-refractivity contribution in [3.63, 3.8) is 0 Å². The Kier molecular flexibility index (Phi) is 4.75. The first kappa shape index (κ1) is 16.4. The van der Waals surface area contributed by atoms with E-state index in [1.54, 1.807) is 0 Å². The van der Waals surface area contributed by atoms with Gasteiger partial charge in [0.2, 0.25) is 11.8 Å². The zero-order valence-electron chi connectivity index (χ0n) is 13.1. The molecular weight excluding hydrogens is 315 g/mol. The smallest absolute Gasteiger partial charge is 0.326 e. The zero-order chi connectivity index (χ0) is 17.1. The molecule has 0 aliphatic carbocycles. The molecule has 2 aliphatic heterocycles. The quantitative estimate of drug-likeness (QED) is 0.775. The average molecular weight is 334 g/mol. The van der Waals surface area contributed by atoms with Gasteiger partial charge in [-0.2, -0.15) is 0 Å². The van der Waals surface area contributed by atoms with Gasteiger partial charge in [0.15, 0.2) is 0 Å². The van der Waals surface area contributed by atoms with E-state index < -0.39 is 11.8 Å². The van der Waals surface area contributed by atoms with Crippen LogP contribution < -0.4 is 20.9 Å². The molecule has 2 fully saturated rings. The van der Waals surface area contributed by atoms with Crippen LogP contribution in [0.1, 0.15) is 19.3 Å². The highest BCUT2D eigenvalue weighted by molar-refractivity contribution is 6.06. The number of imide groups is 1. The van der Waals surface area contributed by atoms with Gasteiger partial charge in [-0.15, -0.1) is 0 Å². The van der Waals surface area contributed by atoms with Gasteiger partial charge in [0.25, 0.3) is 0 Å². The SMILES string of the molecule is O=C1CCN(c2cc(NC(=O)C3CCCNC3)ccc2F)C(=O)N1. The second kappa shape index (κ2) is 6.96. The molecule has 7 nitrogen and oxygen atoms in total. The lowest BCUT2D eigenvalue weighted by molar-refractivity contribution is -0.121. The molecule has 3 rings (SSSR count). The molecule has 1 aromatic rings. The van der Waals surface area contributed by atoms with Crippen molar-refractivity contribution in [1.29, 1.82) is 0 Å². The normalized spacial score (nSPS) is 21.4. The highest BCUT2D eigenvalue weighted by Crippen LogP contribution is 2.26. The van der Waals surface area contributed by atoms with Crippen molar-refractivity contribution in [3.05, 3.63) is 24.0 Å². The van der Waals surface area contributed by atoms with Crippen LogP contribution in [0, 0.1) is 11.7 Å². The van der Waals surface area contributed by atoms with Crippen LogP contribution in [-0.4, -0.2) is 37.5 Å². The molecule has 3 N–H and O–H groups in total. The summed E-state index contributed by atoms with van der Waals surface area (Å²) >= 11 is 0. The number of benzene rings is 1. The van der Waals surface area contributed by atoms with E-state index in [9.17, 15) is 18.8 Å². The van der Waals surface area contributed by atoms with Crippen LogP contribution in [0.5, 0.6) is 0 Å². The van der Waals surface area contributed by atoms with Gasteiger partial charge in [-0.05, 0) is 37.6 Å². The lowest BCUT2D eigenvalue weighted by atomic mass is 9.99. The van der Waals surface area contributed by atoms with Crippen molar-refractivity contribution < 1.29 is 18.8 Å². The first-order chi connectivity index (χ1) is 11.5. The van der Waals surface area contributed by atoms with Crippen LogP contribution in [0.2, 0.25) is 0 Å². The molecule has 2 heterocycles. The highest BCUT2D eigenvalue weighted by Gasteiger charge is 2.27. The van der Waals surface area contributed by atoms with Gasteiger partial charge in [-0.1, -0.05) is 0 Å². The van der Waals surface area contributed by atoms with Crippen LogP contribution in [0.15, 0.2) is 18.2 Å². The van der Waals surface area contributed by atoms with E-state index in [1.165, 1.54) is 18.2 Å². The fraction of sp³-hybridized carbons (Fsp3) is 0.438. The number of halogens is 1. The van der Waals surface area contributed by atoms with E-state index in [-0.39, 0.29) is 36.4 Å². The van der Waals surface area contributed by atoms with Gasteiger partial charge in [0, 0.05) is 25.2 Å². The van der Waals surface area contributed by atoms with Crippen molar-refractivity contribution in [2.75, 3.05) is 29.9 Å².